The van der Waals surface area contributed by atoms with E-state index in [1.807, 2.05) is 24.1 Å². The molecule has 2 rings (SSSR count). The van der Waals surface area contributed by atoms with Gasteiger partial charge < -0.3 is 10.2 Å². The van der Waals surface area contributed by atoms with Gasteiger partial charge in [0.1, 0.15) is 0 Å². The van der Waals surface area contributed by atoms with Gasteiger partial charge in [0.25, 0.3) is 0 Å². The molecule has 0 radical (unpaired) electrons. The van der Waals surface area contributed by atoms with Crippen molar-refractivity contribution in [2.75, 3.05) is 18.9 Å². The predicted octanol–water partition coefficient (Wildman–Crippen LogP) is 1.64. The number of carbonyl (C=O) groups excluding carboxylic acids is 1. The fraction of sp³-hybridized carbons (Fsp3) is 0.500. The molecule has 0 unspecified atom stereocenters. The van der Waals surface area contributed by atoms with Crippen molar-refractivity contribution in [3.8, 4) is 0 Å². The van der Waals surface area contributed by atoms with Crippen molar-refractivity contribution in [1.82, 2.24) is 9.88 Å². The normalized spacial score (nSPS) is 16.3. The zero-order chi connectivity index (χ0) is 11.4. The lowest BCUT2D eigenvalue weighted by Crippen LogP contribution is -2.34. The lowest BCUT2D eigenvalue weighted by Gasteiger charge is -2.26. The average molecular weight is 219 g/mol. The van der Waals surface area contributed by atoms with Gasteiger partial charge in [0.2, 0.25) is 5.91 Å². The van der Waals surface area contributed by atoms with E-state index < -0.39 is 0 Å². The topological polar surface area (TPSA) is 45.2 Å². The van der Waals surface area contributed by atoms with E-state index in [0.29, 0.717) is 13.0 Å². The molecule has 1 aromatic rings. The van der Waals surface area contributed by atoms with Crippen LogP contribution in [0.2, 0.25) is 0 Å². The summed E-state index contributed by atoms with van der Waals surface area (Å²) in [6, 6.07) is 3.91. The first-order valence-corrected chi connectivity index (χ1v) is 5.70. The Morgan fingerprint density at radius 2 is 2.38 bits per heavy atom. The maximum Gasteiger partial charge on any atom is 0.222 e. The standard InChI is InChI=1S/C12H17N3O/c1-13-10-5-6-14-11(8-10)9-15-7-3-2-4-12(15)16/h5-6,8H,2-4,7,9H2,1H3,(H,13,14). The first-order valence-electron chi connectivity index (χ1n) is 5.70. The molecule has 0 aliphatic carbocycles. The van der Waals surface area contributed by atoms with Crippen LogP contribution in [-0.4, -0.2) is 29.4 Å². The Hall–Kier alpha value is -1.58. The first-order chi connectivity index (χ1) is 7.79. The number of pyridine rings is 1. The van der Waals surface area contributed by atoms with Crippen LogP contribution in [-0.2, 0) is 11.3 Å². The summed E-state index contributed by atoms with van der Waals surface area (Å²) < 4.78 is 0. The molecule has 1 aliphatic heterocycles. The van der Waals surface area contributed by atoms with Crippen molar-refractivity contribution in [3.05, 3.63) is 24.0 Å². The van der Waals surface area contributed by atoms with Gasteiger partial charge in [-0.05, 0) is 25.0 Å². The summed E-state index contributed by atoms with van der Waals surface area (Å²) in [5.41, 5.74) is 1.98. The van der Waals surface area contributed by atoms with Crippen LogP contribution in [0.5, 0.6) is 0 Å². The third kappa shape index (κ3) is 2.51. The Labute approximate surface area is 95.7 Å². The van der Waals surface area contributed by atoms with Crippen LogP contribution in [0.3, 0.4) is 0 Å². The van der Waals surface area contributed by atoms with Gasteiger partial charge in [-0.25, -0.2) is 0 Å². The number of piperidine rings is 1. The summed E-state index contributed by atoms with van der Waals surface area (Å²) >= 11 is 0. The lowest BCUT2D eigenvalue weighted by molar-refractivity contribution is -0.133. The van der Waals surface area contributed by atoms with Crippen LogP contribution in [0, 0.1) is 0 Å². The molecule has 1 amide bonds. The number of carbonyl (C=O) groups is 1. The summed E-state index contributed by atoms with van der Waals surface area (Å²) in [5, 5.41) is 3.07. The molecule has 1 N–H and O–H groups in total. The zero-order valence-corrected chi connectivity index (χ0v) is 9.57. The van der Waals surface area contributed by atoms with Gasteiger partial charge in [-0.2, -0.15) is 0 Å². The summed E-state index contributed by atoms with van der Waals surface area (Å²) in [7, 11) is 1.88. The van der Waals surface area contributed by atoms with Gasteiger partial charge in [-0.15, -0.1) is 0 Å². The monoisotopic (exact) mass is 219 g/mol. The highest BCUT2D eigenvalue weighted by molar-refractivity contribution is 5.76. The van der Waals surface area contributed by atoms with E-state index in [2.05, 4.69) is 10.3 Å². The van der Waals surface area contributed by atoms with Crippen LogP contribution in [0.25, 0.3) is 0 Å². The molecule has 1 saturated heterocycles. The average Bonchev–Trinajstić information content (AvgIpc) is 2.32. The van der Waals surface area contributed by atoms with E-state index >= 15 is 0 Å². The minimum atomic E-state index is 0.253. The Morgan fingerprint density at radius 1 is 1.50 bits per heavy atom. The van der Waals surface area contributed by atoms with Crippen LogP contribution in [0.4, 0.5) is 5.69 Å². The van der Waals surface area contributed by atoms with Gasteiger partial charge in [-0.3, -0.25) is 9.78 Å². The summed E-state index contributed by atoms with van der Waals surface area (Å²) in [4.78, 5) is 17.8. The molecule has 1 aromatic heterocycles. The maximum atomic E-state index is 11.6. The minimum absolute atomic E-state index is 0.253. The highest BCUT2D eigenvalue weighted by Crippen LogP contribution is 2.15. The van der Waals surface area contributed by atoms with Crippen LogP contribution < -0.4 is 5.32 Å². The molecule has 86 valence electrons. The third-order valence-corrected chi connectivity index (χ3v) is 2.88. The molecular weight excluding hydrogens is 202 g/mol. The minimum Gasteiger partial charge on any atom is -0.388 e. The molecule has 0 atom stereocenters. The van der Waals surface area contributed by atoms with Crippen molar-refractivity contribution >= 4 is 11.6 Å². The second-order valence-electron chi connectivity index (χ2n) is 4.06. The van der Waals surface area contributed by atoms with E-state index in [1.165, 1.54) is 0 Å². The van der Waals surface area contributed by atoms with Gasteiger partial charge in [-0.1, -0.05) is 0 Å². The van der Waals surface area contributed by atoms with Crippen molar-refractivity contribution in [2.45, 2.75) is 25.8 Å². The molecule has 2 heterocycles. The zero-order valence-electron chi connectivity index (χ0n) is 9.57. The molecule has 4 heteroatoms. The van der Waals surface area contributed by atoms with Crippen molar-refractivity contribution < 1.29 is 4.79 Å². The van der Waals surface area contributed by atoms with Gasteiger partial charge in [0.15, 0.2) is 0 Å². The molecule has 0 bridgehead atoms. The molecular formula is C12H17N3O. The van der Waals surface area contributed by atoms with E-state index in [0.717, 1.165) is 30.8 Å². The summed E-state index contributed by atoms with van der Waals surface area (Å²) in [5.74, 6) is 0.253. The second kappa shape index (κ2) is 4.96. The molecule has 0 saturated carbocycles. The molecule has 0 spiro atoms. The van der Waals surface area contributed by atoms with Crippen molar-refractivity contribution in [3.63, 3.8) is 0 Å². The number of hydrogen-bond acceptors (Lipinski definition) is 3. The summed E-state index contributed by atoms with van der Waals surface area (Å²) in [6.07, 6.45) is 4.60. The molecule has 4 nitrogen and oxygen atoms in total. The van der Waals surface area contributed by atoms with Crippen LogP contribution >= 0.6 is 0 Å². The van der Waals surface area contributed by atoms with Gasteiger partial charge >= 0.3 is 0 Å². The Bertz CT molecular complexity index is 378. The highest BCUT2D eigenvalue weighted by Gasteiger charge is 2.18. The molecule has 0 aromatic carbocycles. The number of likely N-dealkylation sites (tertiary alicyclic amines) is 1. The Morgan fingerprint density at radius 3 is 3.12 bits per heavy atom. The highest BCUT2D eigenvalue weighted by atomic mass is 16.2. The smallest absolute Gasteiger partial charge is 0.222 e. The van der Waals surface area contributed by atoms with E-state index in [4.69, 9.17) is 0 Å². The summed E-state index contributed by atoms with van der Waals surface area (Å²) in [6.45, 7) is 1.50. The van der Waals surface area contributed by atoms with E-state index in [9.17, 15) is 4.79 Å². The number of hydrogen-bond donors (Lipinski definition) is 1. The van der Waals surface area contributed by atoms with Crippen LogP contribution in [0.1, 0.15) is 25.0 Å². The van der Waals surface area contributed by atoms with Crippen molar-refractivity contribution in [2.24, 2.45) is 0 Å². The van der Waals surface area contributed by atoms with Crippen LogP contribution in [0.15, 0.2) is 18.3 Å². The second-order valence-corrected chi connectivity index (χ2v) is 4.06. The predicted molar refractivity (Wildman–Crippen MR) is 63.1 cm³/mol. The third-order valence-electron chi connectivity index (χ3n) is 2.88. The van der Waals surface area contributed by atoms with E-state index in [1.54, 1.807) is 6.20 Å². The molecule has 1 fully saturated rings. The fourth-order valence-electron chi connectivity index (χ4n) is 1.94. The molecule has 1 aliphatic rings. The molecule has 16 heavy (non-hydrogen) atoms. The number of aromatic nitrogens is 1. The quantitative estimate of drug-likeness (QED) is 0.840. The van der Waals surface area contributed by atoms with Crippen molar-refractivity contribution in [1.29, 1.82) is 0 Å². The largest absolute Gasteiger partial charge is 0.388 e. The number of amides is 1. The number of nitrogens with zero attached hydrogens (tertiary/aromatic N) is 2. The first kappa shape index (κ1) is 10.9. The fourth-order valence-corrected chi connectivity index (χ4v) is 1.94. The maximum absolute atomic E-state index is 11.6. The van der Waals surface area contributed by atoms with Gasteiger partial charge in [0.05, 0.1) is 12.2 Å². The SMILES string of the molecule is CNc1ccnc(CN2CCCCC2=O)c1. The Balaban J connectivity index is 2.04. The number of anilines is 1. The lowest BCUT2D eigenvalue weighted by atomic mass is 10.1. The van der Waals surface area contributed by atoms with E-state index in [-0.39, 0.29) is 5.91 Å². The Kier molecular flexibility index (Phi) is 3.39. The number of nitrogens with one attached hydrogen (secondary N) is 1. The van der Waals surface area contributed by atoms with Gasteiger partial charge in [0, 0.05) is 31.9 Å². The number of rotatable bonds is 3.